The molecule has 2 aromatic heterocycles. The number of anilines is 1. The van der Waals surface area contributed by atoms with Crippen LogP contribution in [0.2, 0.25) is 10.0 Å². The average Bonchev–Trinajstić information content (AvgIpc) is 3.26. The molecular weight excluding hydrogens is 461 g/mol. The molecule has 0 radical (unpaired) electrons. The lowest BCUT2D eigenvalue weighted by Crippen LogP contribution is -2.51. The van der Waals surface area contributed by atoms with Crippen LogP contribution in [0.1, 0.15) is 18.4 Å². The molecule has 33 heavy (non-hydrogen) atoms. The minimum absolute atomic E-state index is 0.0995. The van der Waals surface area contributed by atoms with Gasteiger partial charge in [-0.05, 0) is 36.6 Å². The first kappa shape index (κ1) is 22.5. The Morgan fingerprint density at radius 1 is 1.09 bits per heavy atom. The monoisotopic (exact) mass is 487 g/mol. The summed E-state index contributed by atoms with van der Waals surface area (Å²) in [5.41, 5.74) is 9.70. The van der Waals surface area contributed by atoms with Gasteiger partial charge in [-0.1, -0.05) is 29.3 Å². The first-order valence-electron chi connectivity index (χ1n) is 11.3. The Balaban J connectivity index is 1.40. The fraction of sp³-hybridized carbons (Fsp3) is 0.417. The number of carbonyl (C=O) groups is 1. The fourth-order valence-electron chi connectivity index (χ4n) is 4.76. The van der Waals surface area contributed by atoms with E-state index in [0.717, 1.165) is 54.1 Å². The Morgan fingerprint density at radius 2 is 1.85 bits per heavy atom. The largest absolute Gasteiger partial charge is 0.381 e. The molecule has 0 spiro atoms. The maximum atomic E-state index is 12.9. The number of fused-ring (bicyclic) bond motifs is 1. The lowest BCUT2D eigenvalue weighted by atomic mass is 9.98. The molecule has 4 heterocycles. The van der Waals surface area contributed by atoms with Gasteiger partial charge >= 0.3 is 0 Å². The predicted octanol–water partition coefficient (Wildman–Crippen LogP) is 3.84. The molecule has 3 aromatic rings. The lowest BCUT2D eigenvalue weighted by molar-refractivity contribution is -0.138. The number of nitrogens with zero attached hydrogens (tertiary/aromatic N) is 4. The van der Waals surface area contributed by atoms with Crippen molar-refractivity contribution < 1.29 is 9.53 Å². The van der Waals surface area contributed by atoms with Crippen molar-refractivity contribution >= 4 is 40.6 Å². The second-order valence-electron chi connectivity index (χ2n) is 8.58. The molecule has 9 heteroatoms. The van der Waals surface area contributed by atoms with E-state index in [1.54, 1.807) is 6.07 Å². The van der Waals surface area contributed by atoms with Crippen LogP contribution in [0, 0.1) is 5.92 Å². The summed E-state index contributed by atoms with van der Waals surface area (Å²) in [7, 11) is 0. The zero-order valence-electron chi connectivity index (χ0n) is 18.3. The predicted molar refractivity (Wildman–Crippen MR) is 131 cm³/mol. The van der Waals surface area contributed by atoms with E-state index in [4.69, 9.17) is 33.7 Å². The lowest BCUT2D eigenvalue weighted by Gasteiger charge is -2.37. The highest BCUT2D eigenvalue weighted by atomic mass is 35.5. The Bertz CT molecular complexity index is 1170. The highest BCUT2D eigenvalue weighted by Gasteiger charge is 2.29. The number of carbonyl (C=O) groups excluding carboxylic acids is 1. The molecule has 2 fully saturated rings. The highest BCUT2D eigenvalue weighted by Crippen LogP contribution is 2.34. The summed E-state index contributed by atoms with van der Waals surface area (Å²) < 4.78 is 7.48. The number of nitrogens with two attached hydrogens (primary N) is 1. The van der Waals surface area contributed by atoms with E-state index in [2.05, 4.69) is 20.5 Å². The van der Waals surface area contributed by atoms with Crippen LogP contribution in [-0.2, 0) is 16.1 Å². The number of ether oxygens (including phenoxy) is 1. The van der Waals surface area contributed by atoms with Gasteiger partial charge in [0.15, 0.2) is 0 Å². The molecule has 1 amide bonds. The maximum absolute atomic E-state index is 12.9. The van der Waals surface area contributed by atoms with Gasteiger partial charge in [0.05, 0.1) is 6.20 Å². The molecular formula is C24H27Cl2N5O2. The van der Waals surface area contributed by atoms with Crippen molar-refractivity contribution in [1.29, 1.82) is 0 Å². The van der Waals surface area contributed by atoms with E-state index >= 15 is 0 Å². The SMILES string of the molecule is NCc1cc2ncc(N3CCN(C(=O)C4CCOCC4)CC3)n2cc1-c1ccc(Cl)cc1Cl. The molecule has 0 saturated carbocycles. The number of piperazine rings is 1. The van der Waals surface area contributed by atoms with Gasteiger partial charge in [0.25, 0.3) is 0 Å². The summed E-state index contributed by atoms with van der Waals surface area (Å²) in [6, 6.07) is 7.50. The number of hydrogen-bond donors (Lipinski definition) is 1. The van der Waals surface area contributed by atoms with Crippen LogP contribution >= 0.6 is 23.2 Å². The van der Waals surface area contributed by atoms with Gasteiger partial charge in [-0.25, -0.2) is 4.98 Å². The van der Waals surface area contributed by atoms with E-state index in [1.807, 2.05) is 29.3 Å². The molecule has 174 valence electrons. The van der Waals surface area contributed by atoms with Crippen LogP contribution in [-0.4, -0.2) is 59.6 Å². The second kappa shape index (κ2) is 9.50. The summed E-state index contributed by atoms with van der Waals surface area (Å²) in [6.07, 6.45) is 5.59. The summed E-state index contributed by atoms with van der Waals surface area (Å²) in [5, 5.41) is 1.18. The van der Waals surface area contributed by atoms with E-state index in [1.165, 1.54) is 0 Å². The first-order chi connectivity index (χ1) is 16.0. The quantitative estimate of drug-likeness (QED) is 0.604. The number of imidazole rings is 1. The molecule has 2 saturated heterocycles. The molecule has 1 aromatic carbocycles. The van der Waals surface area contributed by atoms with E-state index in [-0.39, 0.29) is 11.8 Å². The fourth-order valence-corrected chi connectivity index (χ4v) is 5.27. The van der Waals surface area contributed by atoms with Crippen LogP contribution in [0.5, 0.6) is 0 Å². The molecule has 2 N–H and O–H groups in total. The third-order valence-electron chi connectivity index (χ3n) is 6.64. The zero-order chi connectivity index (χ0) is 22.9. The molecule has 0 atom stereocenters. The van der Waals surface area contributed by atoms with Crippen LogP contribution in [0.25, 0.3) is 16.8 Å². The molecule has 0 unspecified atom stereocenters. The number of hydrogen-bond acceptors (Lipinski definition) is 5. The number of amides is 1. The van der Waals surface area contributed by atoms with Crippen molar-refractivity contribution in [2.24, 2.45) is 11.7 Å². The summed E-state index contributed by atoms with van der Waals surface area (Å²) in [4.78, 5) is 21.8. The minimum atomic E-state index is 0.0995. The van der Waals surface area contributed by atoms with Gasteiger partial charge in [-0.15, -0.1) is 0 Å². The average molecular weight is 488 g/mol. The highest BCUT2D eigenvalue weighted by molar-refractivity contribution is 6.36. The Kier molecular flexibility index (Phi) is 6.47. The van der Waals surface area contributed by atoms with E-state index in [9.17, 15) is 4.79 Å². The number of benzene rings is 1. The molecule has 7 nitrogen and oxygen atoms in total. The van der Waals surface area contributed by atoms with Gasteiger partial charge < -0.3 is 20.3 Å². The Labute approximate surface area is 203 Å². The van der Waals surface area contributed by atoms with Crippen LogP contribution < -0.4 is 10.6 Å². The van der Waals surface area contributed by atoms with Crippen molar-refractivity contribution in [3.05, 3.63) is 52.3 Å². The third-order valence-corrected chi connectivity index (χ3v) is 7.19. The third kappa shape index (κ3) is 4.43. The zero-order valence-corrected chi connectivity index (χ0v) is 19.9. The standard InChI is InChI=1S/C24H27Cl2N5O2/c25-18-1-2-19(21(26)12-18)20-15-31-22(11-17(20)13-27)28-14-23(31)29-5-7-30(8-6-29)24(32)16-3-9-33-10-4-16/h1-2,11-12,14-16H,3-10,13,27H2. The molecule has 2 aliphatic rings. The Hall–Kier alpha value is -2.32. The molecule has 5 rings (SSSR count). The van der Waals surface area contributed by atoms with Gasteiger partial charge in [0.1, 0.15) is 11.5 Å². The van der Waals surface area contributed by atoms with Gasteiger partial charge in [0.2, 0.25) is 5.91 Å². The maximum Gasteiger partial charge on any atom is 0.225 e. The van der Waals surface area contributed by atoms with Gasteiger partial charge in [-0.2, -0.15) is 0 Å². The summed E-state index contributed by atoms with van der Waals surface area (Å²) in [5.74, 6) is 1.36. The van der Waals surface area contributed by atoms with Crippen LogP contribution in [0.15, 0.2) is 36.7 Å². The van der Waals surface area contributed by atoms with Crippen molar-refractivity contribution in [2.75, 3.05) is 44.3 Å². The normalized spacial score (nSPS) is 17.7. The topological polar surface area (TPSA) is 76.1 Å². The molecule has 0 aliphatic carbocycles. The van der Waals surface area contributed by atoms with Crippen LogP contribution in [0.4, 0.5) is 5.82 Å². The van der Waals surface area contributed by atoms with Crippen molar-refractivity contribution in [3.8, 4) is 11.1 Å². The van der Waals surface area contributed by atoms with Crippen LogP contribution in [0.3, 0.4) is 0 Å². The number of pyridine rings is 1. The first-order valence-corrected chi connectivity index (χ1v) is 12.1. The Morgan fingerprint density at radius 3 is 2.55 bits per heavy atom. The van der Waals surface area contributed by atoms with Gasteiger partial charge in [-0.3, -0.25) is 9.20 Å². The summed E-state index contributed by atoms with van der Waals surface area (Å²) >= 11 is 12.6. The number of aromatic nitrogens is 2. The molecule has 0 bridgehead atoms. The second-order valence-corrected chi connectivity index (χ2v) is 9.43. The van der Waals surface area contributed by atoms with Gasteiger partial charge in [0, 0.05) is 79.2 Å². The number of rotatable bonds is 4. The molecule has 2 aliphatic heterocycles. The van der Waals surface area contributed by atoms with E-state index in [0.29, 0.717) is 42.9 Å². The summed E-state index contributed by atoms with van der Waals surface area (Å²) in [6.45, 7) is 4.68. The van der Waals surface area contributed by atoms with Crippen molar-refractivity contribution in [1.82, 2.24) is 14.3 Å². The van der Waals surface area contributed by atoms with Crippen molar-refractivity contribution in [2.45, 2.75) is 19.4 Å². The minimum Gasteiger partial charge on any atom is -0.381 e. The smallest absolute Gasteiger partial charge is 0.225 e. The number of halogens is 2. The van der Waals surface area contributed by atoms with Crippen molar-refractivity contribution in [3.63, 3.8) is 0 Å². The van der Waals surface area contributed by atoms with E-state index < -0.39 is 0 Å².